The molecule has 0 bridgehead atoms. The van der Waals surface area contributed by atoms with Crippen LogP contribution < -0.4 is 10.2 Å². The lowest BCUT2D eigenvalue weighted by Crippen LogP contribution is -2.45. The average Bonchev–Trinajstić information content (AvgIpc) is 3.58. The second kappa shape index (κ2) is 10.4. The number of halogens is 1. The van der Waals surface area contributed by atoms with Crippen LogP contribution in [0.2, 0.25) is 0 Å². The molecule has 9 nitrogen and oxygen atoms in total. The van der Waals surface area contributed by atoms with Gasteiger partial charge in [-0.05, 0) is 66.6 Å². The predicted molar refractivity (Wildman–Crippen MR) is 134 cm³/mol. The number of carbonyl (C=O) groups is 2. The number of benzene rings is 2. The standard InChI is InChI=1S/C27H23FN6O3/c1-18-8-9-20(15-22(18)28)34(25(35)17-33-24-7-3-2-6-23(24)31-32-33)26(19-10-12-29-13-11-19)27(36)30-16-21-5-4-14-37-21/h2-15,26H,16-17H2,1H3,(H,30,36). The van der Waals surface area contributed by atoms with E-state index in [9.17, 15) is 14.0 Å². The minimum absolute atomic E-state index is 0.116. The van der Waals surface area contributed by atoms with E-state index >= 15 is 0 Å². The molecule has 0 saturated heterocycles. The summed E-state index contributed by atoms with van der Waals surface area (Å²) in [6, 6.07) is 17.3. The van der Waals surface area contributed by atoms with Crippen molar-refractivity contribution in [2.24, 2.45) is 0 Å². The van der Waals surface area contributed by atoms with Crippen molar-refractivity contribution < 1.29 is 18.4 Å². The summed E-state index contributed by atoms with van der Waals surface area (Å²) in [5, 5.41) is 11.0. The Morgan fingerprint density at radius 1 is 1.08 bits per heavy atom. The van der Waals surface area contributed by atoms with Crippen molar-refractivity contribution in [3.63, 3.8) is 0 Å². The van der Waals surface area contributed by atoms with Crippen LogP contribution in [0.15, 0.2) is 89.8 Å². The molecule has 2 aromatic carbocycles. The molecule has 37 heavy (non-hydrogen) atoms. The Morgan fingerprint density at radius 3 is 2.65 bits per heavy atom. The summed E-state index contributed by atoms with van der Waals surface area (Å²) in [4.78, 5) is 32.9. The van der Waals surface area contributed by atoms with Gasteiger partial charge < -0.3 is 9.73 Å². The maximum atomic E-state index is 14.7. The first-order valence-corrected chi connectivity index (χ1v) is 11.6. The molecule has 0 fully saturated rings. The minimum atomic E-state index is -1.12. The summed E-state index contributed by atoms with van der Waals surface area (Å²) >= 11 is 0. The largest absolute Gasteiger partial charge is 0.467 e. The molecule has 1 atom stereocenters. The van der Waals surface area contributed by atoms with E-state index in [4.69, 9.17) is 4.42 Å². The number of nitrogens with zero attached hydrogens (tertiary/aromatic N) is 5. The molecule has 10 heteroatoms. The zero-order valence-electron chi connectivity index (χ0n) is 19.9. The van der Waals surface area contributed by atoms with E-state index in [1.165, 1.54) is 34.3 Å². The van der Waals surface area contributed by atoms with Gasteiger partial charge in [-0.3, -0.25) is 19.5 Å². The van der Waals surface area contributed by atoms with Gasteiger partial charge in [-0.15, -0.1) is 5.10 Å². The average molecular weight is 499 g/mol. The van der Waals surface area contributed by atoms with Gasteiger partial charge in [0.25, 0.3) is 0 Å². The van der Waals surface area contributed by atoms with Crippen molar-refractivity contribution in [2.75, 3.05) is 4.90 Å². The Bertz CT molecular complexity index is 1530. The molecule has 0 saturated carbocycles. The van der Waals surface area contributed by atoms with Crippen molar-refractivity contribution in [2.45, 2.75) is 26.1 Å². The summed E-state index contributed by atoms with van der Waals surface area (Å²) in [6.07, 6.45) is 4.58. The molecular formula is C27H23FN6O3. The van der Waals surface area contributed by atoms with Crippen molar-refractivity contribution in [3.8, 4) is 0 Å². The lowest BCUT2D eigenvalue weighted by atomic mass is 10.0. The maximum Gasteiger partial charge on any atom is 0.249 e. The van der Waals surface area contributed by atoms with Crippen molar-refractivity contribution in [3.05, 3.63) is 108 Å². The van der Waals surface area contributed by atoms with Crippen LogP contribution in [0, 0.1) is 12.7 Å². The van der Waals surface area contributed by atoms with Gasteiger partial charge in [-0.25, -0.2) is 9.07 Å². The number of hydrogen-bond acceptors (Lipinski definition) is 6. The Balaban J connectivity index is 1.56. The van der Waals surface area contributed by atoms with Crippen LogP contribution in [0.5, 0.6) is 0 Å². The first-order chi connectivity index (χ1) is 18.0. The van der Waals surface area contributed by atoms with E-state index < -0.39 is 23.7 Å². The third-order valence-corrected chi connectivity index (χ3v) is 5.95. The molecule has 0 spiro atoms. The third-order valence-electron chi connectivity index (χ3n) is 5.95. The van der Waals surface area contributed by atoms with Gasteiger partial charge >= 0.3 is 0 Å². The Hall–Kier alpha value is -4.86. The second-order valence-electron chi connectivity index (χ2n) is 8.41. The summed E-state index contributed by atoms with van der Waals surface area (Å²) in [5.74, 6) is -0.893. The predicted octanol–water partition coefficient (Wildman–Crippen LogP) is 3.96. The number of furan rings is 1. The van der Waals surface area contributed by atoms with E-state index in [1.807, 2.05) is 12.1 Å². The minimum Gasteiger partial charge on any atom is -0.467 e. The van der Waals surface area contributed by atoms with E-state index in [-0.39, 0.29) is 18.8 Å². The number of nitrogens with one attached hydrogen (secondary N) is 1. The molecule has 1 N–H and O–H groups in total. The quantitative estimate of drug-likeness (QED) is 0.347. The number of fused-ring (bicyclic) bond motifs is 1. The van der Waals surface area contributed by atoms with E-state index in [2.05, 4.69) is 20.6 Å². The highest BCUT2D eigenvalue weighted by atomic mass is 19.1. The highest BCUT2D eigenvalue weighted by Gasteiger charge is 2.33. The molecule has 186 valence electrons. The number of aryl methyl sites for hydroxylation is 1. The summed E-state index contributed by atoms with van der Waals surface area (Å²) in [6.45, 7) is 1.53. The van der Waals surface area contributed by atoms with Gasteiger partial charge in [0, 0.05) is 18.1 Å². The van der Waals surface area contributed by atoms with Gasteiger partial charge in [-0.1, -0.05) is 23.4 Å². The third kappa shape index (κ3) is 5.08. The van der Waals surface area contributed by atoms with Gasteiger partial charge in [0.05, 0.1) is 18.3 Å². The second-order valence-corrected chi connectivity index (χ2v) is 8.41. The fraction of sp³-hybridized carbons (Fsp3) is 0.148. The van der Waals surface area contributed by atoms with Crippen LogP contribution in [-0.2, 0) is 22.7 Å². The smallest absolute Gasteiger partial charge is 0.249 e. The summed E-state index contributed by atoms with van der Waals surface area (Å²) in [5.41, 5.74) is 2.44. The first kappa shape index (κ1) is 23.9. The van der Waals surface area contributed by atoms with Crippen LogP contribution in [0.4, 0.5) is 10.1 Å². The summed E-state index contributed by atoms with van der Waals surface area (Å²) < 4.78 is 21.5. The van der Waals surface area contributed by atoms with Gasteiger partial charge in [-0.2, -0.15) is 0 Å². The Labute approximate surface area is 211 Å². The summed E-state index contributed by atoms with van der Waals surface area (Å²) in [7, 11) is 0. The van der Waals surface area contributed by atoms with Crippen LogP contribution >= 0.6 is 0 Å². The number of carbonyl (C=O) groups excluding carboxylic acids is 2. The van der Waals surface area contributed by atoms with E-state index in [0.717, 1.165) is 0 Å². The van der Waals surface area contributed by atoms with Crippen LogP contribution in [0.3, 0.4) is 0 Å². The fourth-order valence-electron chi connectivity index (χ4n) is 4.05. The number of para-hydroxylation sites is 1. The molecule has 5 rings (SSSR count). The van der Waals surface area contributed by atoms with Gasteiger partial charge in [0.1, 0.15) is 29.7 Å². The Morgan fingerprint density at radius 2 is 1.89 bits per heavy atom. The number of aromatic nitrogens is 4. The molecule has 5 aromatic rings. The van der Waals surface area contributed by atoms with Crippen LogP contribution in [0.1, 0.15) is 22.9 Å². The van der Waals surface area contributed by atoms with Crippen molar-refractivity contribution >= 4 is 28.5 Å². The fourth-order valence-corrected chi connectivity index (χ4v) is 4.05. The highest BCUT2D eigenvalue weighted by Crippen LogP contribution is 2.30. The van der Waals surface area contributed by atoms with Crippen LogP contribution in [-0.4, -0.2) is 31.8 Å². The molecule has 3 heterocycles. The molecule has 0 radical (unpaired) electrons. The highest BCUT2D eigenvalue weighted by molar-refractivity contribution is 6.01. The lowest BCUT2D eigenvalue weighted by molar-refractivity contribution is -0.127. The number of anilines is 1. The van der Waals surface area contributed by atoms with Crippen molar-refractivity contribution in [1.82, 2.24) is 25.3 Å². The van der Waals surface area contributed by atoms with E-state index in [0.29, 0.717) is 27.9 Å². The molecule has 2 amide bonds. The molecule has 0 aliphatic rings. The number of rotatable bonds is 8. The number of amides is 2. The molecular weight excluding hydrogens is 475 g/mol. The Kier molecular flexibility index (Phi) is 6.71. The molecule has 0 aliphatic heterocycles. The van der Waals surface area contributed by atoms with E-state index in [1.54, 1.807) is 55.5 Å². The molecule has 3 aromatic heterocycles. The molecule has 0 aliphatic carbocycles. The van der Waals surface area contributed by atoms with Crippen LogP contribution in [0.25, 0.3) is 11.0 Å². The topological polar surface area (TPSA) is 106 Å². The van der Waals surface area contributed by atoms with Crippen molar-refractivity contribution in [1.29, 1.82) is 0 Å². The lowest BCUT2D eigenvalue weighted by Gasteiger charge is -2.31. The number of hydrogen-bond donors (Lipinski definition) is 1. The van der Waals surface area contributed by atoms with Gasteiger partial charge in [0.2, 0.25) is 11.8 Å². The monoisotopic (exact) mass is 498 g/mol. The molecule has 1 unspecified atom stereocenters. The zero-order valence-corrected chi connectivity index (χ0v) is 19.9. The zero-order chi connectivity index (χ0) is 25.8. The normalized spacial score (nSPS) is 11.8. The maximum absolute atomic E-state index is 14.7. The first-order valence-electron chi connectivity index (χ1n) is 11.6. The SMILES string of the molecule is Cc1ccc(N(C(=O)Cn2nnc3ccccc32)C(C(=O)NCc2ccco2)c2ccncc2)cc1F. The number of pyridine rings is 1. The van der Waals surface area contributed by atoms with Gasteiger partial charge in [0.15, 0.2) is 0 Å².